The van der Waals surface area contributed by atoms with Crippen LogP contribution in [0.5, 0.6) is 0 Å². The molecule has 0 aromatic carbocycles. The molecule has 0 aliphatic rings. The maximum Gasteiger partial charge on any atom is 0.306 e. The summed E-state index contributed by atoms with van der Waals surface area (Å²) in [7, 11) is 0. The zero-order valence-corrected chi connectivity index (χ0v) is 42.5. The molecule has 0 heterocycles. The summed E-state index contributed by atoms with van der Waals surface area (Å²) in [6, 6.07) is 0. The number of carbonyl (C=O) groups excluding carboxylic acids is 3. The highest BCUT2D eigenvalue weighted by atomic mass is 16.6. The fourth-order valence-corrected chi connectivity index (χ4v) is 7.28. The van der Waals surface area contributed by atoms with Crippen LogP contribution in [0.2, 0.25) is 0 Å². The monoisotopic (exact) mass is 905 g/mol. The fourth-order valence-electron chi connectivity index (χ4n) is 7.28. The molecule has 1 unspecified atom stereocenters. The van der Waals surface area contributed by atoms with Gasteiger partial charge in [-0.3, -0.25) is 14.4 Å². The molecule has 0 spiro atoms. The van der Waals surface area contributed by atoms with Gasteiger partial charge in [0, 0.05) is 19.3 Å². The number of ether oxygens (including phenoxy) is 3. The van der Waals surface area contributed by atoms with Crippen LogP contribution < -0.4 is 0 Å². The van der Waals surface area contributed by atoms with Crippen LogP contribution in [0.1, 0.15) is 252 Å². The number of hydrogen-bond donors (Lipinski definition) is 0. The van der Waals surface area contributed by atoms with Gasteiger partial charge in [0.25, 0.3) is 0 Å². The van der Waals surface area contributed by atoms with Crippen LogP contribution in [0.4, 0.5) is 0 Å². The standard InChI is InChI=1S/C59H100O6/c1-4-7-10-13-16-19-22-25-27-29-31-32-34-37-40-43-46-49-52-58(61)64-55-56(54-63-57(60)51-48-45-42-39-36-24-21-18-15-12-9-6-3)65-59(62)53-50-47-44-41-38-35-33-30-28-26-23-20-17-14-11-8-5-2/h18,21-22,25-29,31-33,35,41,44,56H,4-17,19-20,23-24,30,34,36-40,42-43,45-55H2,1-3H3/b21-18-,25-22-,28-26-,29-27-,32-31-,35-33-,44-41-. The summed E-state index contributed by atoms with van der Waals surface area (Å²) in [5.41, 5.74) is 0. The van der Waals surface area contributed by atoms with Gasteiger partial charge in [0.2, 0.25) is 0 Å². The summed E-state index contributed by atoms with van der Waals surface area (Å²) in [4.78, 5) is 38.0. The van der Waals surface area contributed by atoms with Gasteiger partial charge in [-0.2, -0.15) is 0 Å². The van der Waals surface area contributed by atoms with Gasteiger partial charge in [-0.25, -0.2) is 0 Å². The highest BCUT2D eigenvalue weighted by Gasteiger charge is 2.19. The van der Waals surface area contributed by atoms with Crippen molar-refractivity contribution in [3.8, 4) is 0 Å². The largest absolute Gasteiger partial charge is 0.462 e. The molecule has 0 aliphatic carbocycles. The predicted molar refractivity (Wildman–Crippen MR) is 279 cm³/mol. The summed E-state index contributed by atoms with van der Waals surface area (Å²) in [6.45, 7) is 6.52. The molecule has 6 nitrogen and oxygen atoms in total. The van der Waals surface area contributed by atoms with Crippen LogP contribution in [0, 0.1) is 0 Å². The van der Waals surface area contributed by atoms with E-state index in [2.05, 4.69) is 106 Å². The Hall–Kier alpha value is -3.41. The number of hydrogen-bond acceptors (Lipinski definition) is 6. The number of esters is 3. The van der Waals surface area contributed by atoms with Gasteiger partial charge in [-0.05, 0) is 103 Å². The van der Waals surface area contributed by atoms with Gasteiger partial charge in [0.05, 0.1) is 0 Å². The molecule has 6 heteroatoms. The Labute approximate surface area is 401 Å². The topological polar surface area (TPSA) is 78.9 Å². The van der Waals surface area contributed by atoms with Crippen LogP contribution in [-0.2, 0) is 28.6 Å². The lowest BCUT2D eigenvalue weighted by Gasteiger charge is -2.18. The molecule has 0 fully saturated rings. The third kappa shape index (κ3) is 51.4. The SMILES string of the molecule is CCCCC/C=C\CCCCCCCC(=O)OCC(COC(=O)CCCCCCC\C=C/C=C\C=C/CCCCCCC)OC(=O)CCC/C=C\C/C=C\C/C=C\CCCCCCCC. The molecule has 0 amide bonds. The van der Waals surface area contributed by atoms with Crippen molar-refractivity contribution in [1.29, 1.82) is 0 Å². The summed E-state index contributed by atoms with van der Waals surface area (Å²) in [5, 5.41) is 0. The second kappa shape index (κ2) is 53.2. The van der Waals surface area contributed by atoms with Gasteiger partial charge < -0.3 is 14.2 Å². The minimum atomic E-state index is -0.815. The summed E-state index contributed by atoms with van der Waals surface area (Å²) in [6.07, 6.45) is 68.6. The maximum atomic E-state index is 12.8. The second-order valence-electron chi connectivity index (χ2n) is 17.8. The van der Waals surface area contributed by atoms with Gasteiger partial charge in [-0.15, -0.1) is 0 Å². The lowest BCUT2D eigenvalue weighted by Crippen LogP contribution is -2.30. The summed E-state index contributed by atoms with van der Waals surface area (Å²) in [5.74, 6) is -0.989. The van der Waals surface area contributed by atoms with Crippen LogP contribution in [0.25, 0.3) is 0 Å². The lowest BCUT2D eigenvalue weighted by atomic mass is 10.1. The van der Waals surface area contributed by atoms with E-state index in [1.54, 1.807) is 0 Å². The second-order valence-corrected chi connectivity index (χ2v) is 17.8. The fraction of sp³-hybridized carbons (Fsp3) is 0.712. The van der Waals surface area contributed by atoms with E-state index in [1.165, 1.54) is 109 Å². The van der Waals surface area contributed by atoms with E-state index in [4.69, 9.17) is 14.2 Å². The first-order valence-electron chi connectivity index (χ1n) is 27.1. The number of carbonyl (C=O) groups is 3. The zero-order chi connectivity index (χ0) is 47.2. The van der Waals surface area contributed by atoms with Crippen LogP contribution >= 0.6 is 0 Å². The van der Waals surface area contributed by atoms with Crippen molar-refractivity contribution in [2.24, 2.45) is 0 Å². The minimum Gasteiger partial charge on any atom is -0.462 e. The van der Waals surface area contributed by atoms with Crippen molar-refractivity contribution < 1.29 is 28.6 Å². The molecule has 372 valence electrons. The van der Waals surface area contributed by atoms with E-state index in [9.17, 15) is 14.4 Å². The molecule has 65 heavy (non-hydrogen) atoms. The molecule has 0 saturated heterocycles. The first kappa shape index (κ1) is 61.6. The van der Waals surface area contributed by atoms with E-state index < -0.39 is 6.10 Å². The highest BCUT2D eigenvalue weighted by Crippen LogP contribution is 2.13. The van der Waals surface area contributed by atoms with Crippen molar-refractivity contribution in [3.05, 3.63) is 85.1 Å². The highest BCUT2D eigenvalue weighted by molar-refractivity contribution is 5.71. The molecule has 0 saturated carbocycles. The Bertz CT molecular complexity index is 1270. The number of unbranched alkanes of at least 4 members (excludes halogenated alkanes) is 25. The molecular weight excluding hydrogens is 805 g/mol. The van der Waals surface area contributed by atoms with Crippen molar-refractivity contribution >= 4 is 17.9 Å². The van der Waals surface area contributed by atoms with Crippen molar-refractivity contribution in [3.63, 3.8) is 0 Å². The molecule has 0 radical (unpaired) electrons. The molecule has 0 aromatic rings. The Balaban J connectivity index is 4.50. The lowest BCUT2D eigenvalue weighted by molar-refractivity contribution is -0.167. The predicted octanol–water partition coefficient (Wildman–Crippen LogP) is 18.0. The summed E-state index contributed by atoms with van der Waals surface area (Å²) >= 11 is 0. The van der Waals surface area contributed by atoms with E-state index in [0.717, 1.165) is 96.3 Å². The first-order chi connectivity index (χ1) is 32.0. The number of allylic oxidation sites excluding steroid dienone is 14. The molecule has 0 rings (SSSR count). The number of rotatable bonds is 48. The summed E-state index contributed by atoms with van der Waals surface area (Å²) < 4.78 is 16.7. The Morgan fingerprint density at radius 2 is 0.631 bits per heavy atom. The Kier molecular flexibility index (Phi) is 50.4. The van der Waals surface area contributed by atoms with Crippen molar-refractivity contribution in [2.45, 2.75) is 258 Å². The van der Waals surface area contributed by atoms with E-state index in [0.29, 0.717) is 19.3 Å². The van der Waals surface area contributed by atoms with E-state index in [1.807, 2.05) is 0 Å². The van der Waals surface area contributed by atoms with Crippen molar-refractivity contribution in [1.82, 2.24) is 0 Å². The van der Waals surface area contributed by atoms with E-state index >= 15 is 0 Å². The zero-order valence-electron chi connectivity index (χ0n) is 42.5. The first-order valence-corrected chi connectivity index (χ1v) is 27.1. The van der Waals surface area contributed by atoms with Gasteiger partial charge in [-0.1, -0.05) is 215 Å². The van der Waals surface area contributed by atoms with Gasteiger partial charge in [0.15, 0.2) is 6.10 Å². The average molecular weight is 905 g/mol. The molecule has 0 N–H and O–H groups in total. The quantitative estimate of drug-likeness (QED) is 0.0199. The van der Waals surface area contributed by atoms with Crippen LogP contribution in [0.15, 0.2) is 85.1 Å². The smallest absolute Gasteiger partial charge is 0.306 e. The third-order valence-corrected chi connectivity index (χ3v) is 11.4. The molecule has 0 aliphatic heterocycles. The molecule has 0 aromatic heterocycles. The van der Waals surface area contributed by atoms with Gasteiger partial charge >= 0.3 is 17.9 Å². The molecule has 1 atom stereocenters. The van der Waals surface area contributed by atoms with E-state index in [-0.39, 0.29) is 37.5 Å². The third-order valence-electron chi connectivity index (χ3n) is 11.4. The van der Waals surface area contributed by atoms with Crippen LogP contribution in [0.3, 0.4) is 0 Å². The van der Waals surface area contributed by atoms with Crippen molar-refractivity contribution in [2.75, 3.05) is 13.2 Å². The average Bonchev–Trinajstić information content (AvgIpc) is 3.30. The maximum absolute atomic E-state index is 12.8. The minimum absolute atomic E-state index is 0.108. The van der Waals surface area contributed by atoms with Gasteiger partial charge in [0.1, 0.15) is 13.2 Å². The Morgan fingerprint density at radius 1 is 0.323 bits per heavy atom. The molecular formula is C59H100O6. The van der Waals surface area contributed by atoms with Crippen LogP contribution in [-0.4, -0.2) is 37.2 Å². The molecule has 0 bridgehead atoms. The Morgan fingerprint density at radius 3 is 1.08 bits per heavy atom. The normalized spacial score (nSPS) is 12.7.